The van der Waals surface area contributed by atoms with Crippen LogP contribution in [-0.4, -0.2) is 21.9 Å². The van der Waals surface area contributed by atoms with Crippen LogP contribution in [0.25, 0.3) is 10.9 Å². The van der Waals surface area contributed by atoms with Crippen LogP contribution in [0.1, 0.15) is 42.9 Å². The third kappa shape index (κ3) is 3.85. The molecule has 1 amide bonds. The summed E-state index contributed by atoms with van der Waals surface area (Å²) in [6.07, 6.45) is 12.7. The second kappa shape index (κ2) is 8.33. The minimum absolute atomic E-state index is 0.163. The Bertz CT molecular complexity index is 1190. The first kappa shape index (κ1) is 20.6. The largest absolute Gasteiger partial charge is 0.323 e. The Morgan fingerprint density at radius 2 is 1.91 bits per heavy atom. The minimum atomic E-state index is -0.554. The van der Waals surface area contributed by atoms with E-state index in [2.05, 4.69) is 21.2 Å². The van der Waals surface area contributed by atoms with Crippen molar-refractivity contribution in [2.24, 2.45) is 23.5 Å². The summed E-state index contributed by atoms with van der Waals surface area (Å²) >= 11 is 0. The molecule has 1 aromatic carbocycles. The molecule has 0 bridgehead atoms. The lowest BCUT2D eigenvalue weighted by Gasteiger charge is -2.21. The van der Waals surface area contributed by atoms with Gasteiger partial charge >= 0.3 is 0 Å². The van der Waals surface area contributed by atoms with Crippen molar-refractivity contribution in [2.45, 2.75) is 37.6 Å². The molecule has 5 atom stereocenters. The fourth-order valence-electron chi connectivity index (χ4n) is 5.70. The molecular weight excluding hydrogens is 403 g/mol. The van der Waals surface area contributed by atoms with Gasteiger partial charge in [-0.25, -0.2) is 9.37 Å². The highest BCUT2D eigenvalue weighted by atomic mass is 19.1. The minimum Gasteiger partial charge on any atom is -0.323 e. The van der Waals surface area contributed by atoms with Crippen molar-refractivity contribution < 1.29 is 9.18 Å². The van der Waals surface area contributed by atoms with Crippen LogP contribution in [0, 0.1) is 35.9 Å². The lowest BCUT2D eigenvalue weighted by molar-refractivity contribution is -0.118. The number of carbonyl (C=O) groups excluding carboxylic acids is 1. The van der Waals surface area contributed by atoms with Crippen molar-refractivity contribution in [2.75, 3.05) is 5.32 Å². The zero-order valence-corrected chi connectivity index (χ0v) is 17.7. The Balaban J connectivity index is 1.23. The van der Waals surface area contributed by atoms with Gasteiger partial charge < -0.3 is 11.1 Å². The smallest absolute Gasteiger partial charge is 0.241 e. The Morgan fingerprint density at radius 1 is 1.12 bits per heavy atom. The topological polar surface area (TPSA) is 80.9 Å². The highest BCUT2D eigenvalue weighted by molar-refractivity contribution is 5.94. The van der Waals surface area contributed by atoms with Gasteiger partial charge in [0.2, 0.25) is 5.91 Å². The number of amides is 1. The number of benzene rings is 1. The van der Waals surface area contributed by atoms with E-state index in [0.717, 1.165) is 36.6 Å². The maximum Gasteiger partial charge on any atom is 0.241 e. The number of fused-ring (bicyclic) bond motifs is 2. The fraction of sp³-hybridized carbons (Fsp3) is 0.346. The Labute approximate surface area is 186 Å². The SMILES string of the molecule is C#Cc1ccc(NC(=O)C(N)C2C[C@H]3CC(c4ccnc5ccc(F)cc45)C[C@H]3C2)cn1. The van der Waals surface area contributed by atoms with Gasteiger partial charge in [0.25, 0.3) is 0 Å². The number of nitrogens with one attached hydrogen (secondary N) is 1. The summed E-state index contributed by atoms with van der Waals surface area (Å²) in [5, 5.41) is 3.77. The van der Waals surface area contributed by atoms with E-state index in [1.807, 2.05) is 12.3 Å². The van der Waals surface area contributed by atoms with E-state index >= 15 is 0 Å². The molecule has 6 heteroatoms. The molecule has 5 nitrogen and oxygen atoms in total. The molecule has 2 saturated carbocycles. The van der Waals surface area contributed by atoms with Crippen molar-refractivity contribution in [1.29, 1.82) is 0 Å². The number of rotatable bonds is 4. The molecule has 32 heavy (non-hydrogen) atoms. The summed E-state index contributed by atoms with van der Waals surface area (Å²) in [5.41, 5.74) is 9.49. The van der Waals surface area contributed by atoms with E-state index in [-0.39, 0.29) is 17.6 Å². The van der Waals surface area contributed by atoms with Crippen LogP contribution in [0.3, 0.4) is 0 Å². The van der Waals surface area contributed by atoms with Gasteiger partial charge in [-0.2, -0.15) is 0 Å². The first-order chi connectivity index (χ1) is 15.5. The van der Waals surface area contributed by atoms with Crippen molar-refractivity contribution in [1.82, 2.24) is 9.97 Å². The quantitative estimate of drug-likeness (QED) is 0.609. The molecule has 3 unspecified atom stereocenters. The second-order valence-electron chi connectivity index (χ2n) is 9.07. The van der Waals surface area contributed by atoms with E-state index in [0.29, 0.717) is 29.1 Å². The molecule has 3 aromatic rings. The van der Waals surface area contributed by atoms with Gasteiger partial charge in [-0.05, 0) is 91.3 Å². The lowest BCUT2D eigenvalue weighted by atomic mass is 9.88. The van der Waals surface area contributed by atoms with E-state index in [1.165, 1.54) is 11.6 Å². The standard InChI is InChI=1S/C26H25FN4O/c1-2-20-4-5-21(14-30-20)31-26(32)25(28)18-11-15-9-17(10-16(15)12-18)22-7-8-29-24-6-3-19(27)13-23(22)24/h1,3-8,13-18,25H,9-12,28H2,(H,31,32)/t15-,16+,17?,18?,25?. The summed E-state index contributed by atoms with van der Waals surface area (Å²) in [4.78, 5) is 21.2. The first-order valence-corrected chi connectivity index (χ1v) is 11.0. The zero-order chi connectivity index (χ0) is 22.2. The second-order valence-corrected chi connectivity index (χ2v) is 9.07. The van der Waals surface area contributed by atoms with Crippen LogP contribution in [-0.2, 0) is 4.79 Å². The van der Waals surface area contributed by atoms with Crippen molar-refractivity contribution in [3.63, 3.8) is 0 Å². The molecule has 0 spiro atoms. The van der Waals surface area contributed by atoms with E-state index < -0.39 is 6.04 Å². The summed E-state index contributed by atoms with van der Waals surface area (Å²) < 4.78 is 13.9. The fourth-order valence-corrected chi connectivity index (χ4v) is 5.70. The van der Waals surface area contributed by atoms with Crippen LogP contribution in [0.4, 0.5) is 10.1 Å². The molecule has 0 aliphatic heterocycles. The van der Waals surface area contributed by atoms with Crippen LogP contribution in [0.5, 0.6) is 0 Å². The summed E-state index contributed by atoms with van der Waals surface area (Å²) in [7, 11) is 0. The number of carbonyl (C=O) groups is 1. The number of aromatic nitrogens is 2. The summed E-state index contributed by atoms with van der Waals surface area (Å²) in [6.45, 7) is 0. The molecule has 3 N–H and O–H groups in total. The number of anilines is 1. The molecule has 2 aliphatic rings. The van der Waals surface area contributed by atoms with Crippen molar-refractivity contribution in [3.8, 4) is 12.3 Å². The van der Waals surface area contributed by atoms with Crippen LogP contribution >= 0.6 is 0 Å². The molecule has 5 rings (SSSR count). The lowest BCUT2D eigenvalue weighted by Crippen LogP contribution is -2.41. The monoisotopic (exact) mass is 428 g/mol. The highest BCUT2D eigenvalue weighted by Gasteiger charge is 2.45. The van der Waals surface area contributed by atoms with Crippen molar-refractivity contribution >= 4 is 22.5 Å². The predicted octanol–water partition coefficient (Wildman–Crippen LogP) is 4.24. The number of terminal acetylenes is 1. The van der Waals surface area contributed by atoms with E-state index in [4.69, 9.17) is 12.2 Å². The van der Waals surface area contributed by atoms with E-state index in [9.17, 15) is 9.18 Å². The predicted molar refractivity (Wildman–Crippen MR) is 122 cm³/mol. The Morgan fingerprint density at radius 3 is 2.59 bits per heavy atom. The number of hydrogen-bond donors (Lipinski definition) is 2. The third-order valence-corrected chi connectivity index (χ3v) is 7.22. The third-order valence-electron chi connectivity index (χ3n) is 7.22. The molecule has 2 fully saturated rings. The molecule has 0 saturated heterocycles. The molecular formula is C26H25FN4O. The van der Waals surface area contributed by atoms with Gasteiger partial charge in [-0.15, -0.1) is 6.42 Å². The van der Waals surface area contributed by atoms with Gasteiger partial charge in [0.1, 0.15) is 11.5 Å². The van der Waals surface area contributed by atoms with Crippen LogP contribution < -0.4 is 11.1 Å². The first-order valence-electron chi connectivity index (χ1n) is 11.0. The number of hydrogen-bond acceptors (Lipinski definition) is 4. The Kier molecular flexibility index (Phi) is 5.36. The molecule has 2 aliphatic carbocycles. The molecule has 0 radical (unpaired) electrons. The average Bonchev–Trinajstić information content (AvgIpc) is 3.38. The van der Waals surface area contributed by atoms with Gasteiger partial charge in [-0.1, -0.05) is 5.92 Å². The summed E-state index contributed by atoms with van der Waals surface area (Å²) in [6, 6.07) is 9.70. The maximum absolute atomic E-state index is 13.9. The zero-order valence-electron chi connectivity index (χ0n) is 17.7. The molecule has 2 aromatic heterocycles. The number of pyridine rings is 2. The molecule has 162 valence electrons. The van der Waals surface area contributed by atoms with Crippen molar-refractivity contribution in [3.05, 3.63) is 65.9 Å². The van der Waals surface area contributed by atoms with Crippen LogP contribution in [0.2, 0.25) is 0 Å². The van der Waals surface area contributed by atoms with Gasteiger partial charge in [-0.3, -0.25) is 9.78 Å². The highest BCUT2D eigenvalue weighted by Crippen LogP contribution is 2.53. The number of nitrogens with zero attached hydrogens (tertiary/aromatic N) is 2. The normalized spacial score (nSPS) is 25.3. The van der Waals surface area contributed by atoms with Gasteiger partial charge in [0, 0.05) is 11.6 Å². The molecule has 2 heterocycles. The average molecular weight is 429 g/mol. The number of halogens is 1. The maximum atomic E-state index is 13.9. The van der Waals surface area contributed by atoms with Gasteiger partial charge in [0.05, 0.1) is 23.4 Å². The van der Waals surface area contributed by atoms with Crippen LogP contribution in [0.15, 0.2) is 48.8 Å². The Hall–Kier alpha value is -3.30. The van der Waals surface area contributed by atoms with E-state index in [1.54, 1.807) is 30.5 Å². The number of nitrogens with two attached hydrogens (primary N) is 1. The summed E-state index contributed by atoms with van der Waals surface area (Å²) in [5.74, 6) is 3.67. The van der Waals surface area contributed by atoms with Gasteiger partial charge in [0.15, 0.2) is 0 Å².